The van der Waals surface area contributed by atoms with Gasteiger partial charge in [0.1, 0.15) is 5.82 Å². The van der Waals surface area contributed by atoms with E-state index < -0.39 is 21.7 Å². The van der Waals surface area contributed by atoms with Crippen LogP contribution in [0.25, 0.3) is 0 Å². The van der Waals surface area contributed by atoms with Crippen molar-refractivity contribution in [1.82, 2.24) is 5.32 Å². The molecule has 0 fully saturated rings. The highest BCUT2D eigenvalue weighted by Crippen LogP contribution is 2.20. The van der Waals surface area contributed by atoms with E-state index in [1.54, 1.807) is 0 Å². The molecule has 7 heteroatoms. The van der Waals surface area contributed by atoms with E-state index >= 15 is 0 Å². The topological polar surface area (TPSA) is 75.3 Å². The molecule has 2 amide bonds. The summed E-state index contributed by atoms with van der Waals surface area (Å²) in [6.07, 6.45) is 7.90. The van der Waals surface area contributed by atoms with Crippen LogP contribution in [-0.4, -0.2) is 26.7 Å². The summed E-state index contributed by atoms with van der Waals surface area (Å²) >= 11 is 0. The Bertz CT molecular complexity index is 686. The zero-order valence-electron chi connectivity index (χ0n) is 12.3. The first-order valence-corrected chi connectivity index (χ1v) is 9.10. The summed E-state index contributed by atoms with van der Waals surface area (Å²) in [6, 6.07) is 3.20. The van der Waals surface area contributed by atoms with Crippen LogP contribution in [0.3, 0.4) is 0 Å². The lowest BCUT2D eigenvalue weighted by Crippen LogP contribution is -2.37. The normalized spacial score (nSPS) is 18.0. The number of rotatable bonds is 4. The maximum Gasteiger partial charge on any atom is 0.319 e. The first kappa shape index (κ1) is 16.5. The van der Waals surface area contributed by atoms with Crippen LogP contribution in [0.15, 0.2) is 30.4 Å². The highest BCUT2D eigenvalue weighted by atomic mass is 32.2. The van der Waals surface area contributed by atoms with Crippen molar-refractivity contribution in [2.45, 2.75) is 31.1 Å². The molecule has 120 valence electrons. The van der Waals surface area contributed by atoms with E-state index in [1.165, 1.54) is 12.1 Å². The van der Waals surface area contributed by atoms with Gasteiger partial charge in [0.25, 0.3) is 0 Å². The number of benzene rings is 1. The summed E-state index contributed by atoms with van der Waals surface area (Å²) in [6.45, 7) is 0. The highest BCUT2D eigenvalue weighted by Gasteiger charge is 2.15. The molecule has 0 aromatic heterocycles. The van der Waals surface area contributed by atoms with Crippen LogP contribution < -0.4 is 10.6 Å². The van der Waals surface area contributed by atoms with E-state index in [1.807, 2.05) is 12.2 Å². The average molecular weight is 326 g/mol. The molecular weight excluding hydrogens is 307 g/mol. The predicted molar refractivity (Wildman–Crippen MR) is 83.9 cm³/mol. The summed E-state index contributed by atoms with van der Waals surface area (Å²) in [5.74, 6) is -0.871. The molecule has 22 heavy (non-hydrogen) atoms. The molecule has 0 heterocycles. The Labute approximate surface area is 129 Å². The number of nitrogens with one attached hydrogen (secondary N) is 2. The standard InChI is InChI=1S/C15H19FN2O3S/c1-22(20,21)10-11-9-12(16)7-8-14(11)18-15(19)17-13-5-3-2-4-6-13/h3,5,7-9,13H,2,4,6,10H2,1H3,(H2,17,18,19). The van der Waals surface area contributed by atoms with Crippen molar-refractivity contribution in [2.24, 2.45) is 0 Å². The molecule has 1 atom stereocenters. The number of hydrogen-bond acceptors (Lipinski definition) is 3. The minimum absolute atomic E-state index is 0.0347. The Morgan fingerprint density at radius 1 is 1.41 bits per heavy atom. The third kappa shape index (κ3) is 5.14. The van der Waals surface area contributed by atoms with Crippen molar-refractivity contribution in [1.29, 1.82) is 0 Å². The Hall–Kier alpha value is -1.89. The van der Waals surface area contributed by atoms with Crippen LogP contribution >= 0.6 is 0 Å². The van der Waals surface area contributed by atoms with Crippen LogP contribution in [0.5, 0.6) is 0 Å². The van der Waals surface area contributed by atoms with Crippen LogP contribution in [0.1, 0.15) is 24.8 Å². The Kier molecular flexibility index (Phi) is 5.18. The molecular formula is C15H19FN2O3S. The molecule has 0 saturated carbocycles. The minimum Gasteiger partial charge on any atom is -0.332 e. The van der Waals surface area contributed by atoms with Crippen LogP contribution in [0.4, 0.5) is 14.9 Å². The highest BCUT2D eigenvalue weighted by molar-refractivity contribution is 7.89. The zero-order valence-corrected chi connectivity index (χ0v) is 13.1. The second-order valence-corrected chi connectivity index (χ2v) is 7.58. The second kappa shape index (κ2) is 6.91. The van der Waals surface area contributed by atoms with Gasteiger partial charge < -0.3 is 10.6 Å². The molecule has 2 N–H and O–H groups in total. The summed E-state index contributed by atoms with van der Waals surface area (Å²) in [7, 11) is -3.33. The number of sulfone groups is 1. The third-order valence-electron chi connectivity index (χ3n) is 3.30. The number of hydrogen-bond donors (Lipinski definition) is 2. The number of carbonyl (C=O) groups is 1. The fraction of sp³-hybridized carbons (Fsp3) is 0.400. The van der Waals surface area contributed by atoms with E-state index in [2.05, 4.69) is 10.6 Å². The molecule has 0 spiro atoms. The number of urea groups is 1. The van der Waals surface area contributed by atoms with Crippen molar-refractivity contribution in [3.05, 3.63) is 41.7 Å². The number of anilines is 1. The lowest BCUT2D eigenvalue weighted by atomic mass is 10.0. The minimum atomic E-state index is -3.33. The van der Waals surface area contributed by atoms with Crippen molar-refractivity contribution >= 4 is 21.6 Å². The number of allylic oxidation sites excluding steroid dienone is 1. The first-order valence-electron chi connectivity index (χ1n) is 7.04. The molecule has 1 aromatic rings. The number of carbonyl (C=O) groups excluding carboxylic acids is 1. The molecule has 0 bridgehead atoms. The first-order chi connectivity index (χ1) is 10.3. The van der Waals surface area contributed by atoms with Gasteiger partial charge in [-0.2, -0.15) is 0 Å². The van der Waals surface area contributed by atoms with Gasteiger partial charge in [-0.15, -0.1) is 0 Å². The van der Waals surface area contributed by atoms with Gasteiger partial charge in [0.15, 0.2) is 9.84 Å². The SMILES string of the molecule is CS(=O)(=O)Cc1cc(F)ccc1NC(=O)NC1C=CCCC1. The lowest BCUT2D eigenvalue weighted by Gasteiger charge is -2.19. The van der Waals surface area contributed by atoms with Crippen LogP contribution in [0, 0.1) is 5.82 Å². The van der Waals surface area contributed by atoms with E-state index in [0.29, 0.717) is 5.69 Å². The Morgan fingerprint density at radius 2 is 2.18 bits per heavy atom. The smallest absolute Gasteiger partial charge is 0.319 e. The van der Waals surface area contributed by atoms with Crippen molar-refractivity contribution in [2.75, 3.05) is 11.6 Å². The number of halogens is 1. The van der Waals surface area contributed by atoms with Gasteiger partial charge in [-0.25, -0.2) is 17.6 Å². The molecule has 2 rings (SSSR count). The fourth-order valence-corrected chi connectivity index (χ4v) is 3.15. The molecule has 0 radical (unpaired) electrons. The van der Waals surface area contributed by atoms with Gasteiger partial charge in [-0.1, -0.05) is 12.2 Å². The van der Waals surface area contributed by atoms with Crippen LogP contribution in [0.2, 0.25) is 0 Å². The largest absolute Gasteiger partial charge is 0.332 e. The van der Waals surface area contributed by atoms with Gasteiger partial charge in [0, 0.05) is 18.0 Å². The summed E-state index contributed by atoms with van der Waals surface area (Å²) in [4.78, 5) is 12.0. The quantitative estimate of drug-likeness (QED) is 0.835. The van der Waals surface area contributed by atoms with Gasteiger partial charge in [-0.3, -0.25) is 0 Å². The fourth-order valence-electron chi connectivity index (χ4n) is 2.35. The van der Waals surface area contributed by atoms with Crippen molar-refractivity contribution in [3.8, 4) is 0 Å². The second-order valence-electron chi connectivity index (χ2n) is 5.44. The van der Waals surface area contributed by atoms with Crippen molar-refractivity contribution < 1.29 is 17.6 Å². The van der Waals surface area contributed by atoms with E-state index in [-0.39, 0.29) is 17.4 Å². The average Bonchev–Trinajstić information content (AvgIpc) is 2.41. The number of amides is 2. The lowest BCUT2D eigenvalue weighted by molar-refractivity contribution is 0.249. The molecule has 1 aromatic carbocycles. The molecule has 1 unspecified atom stereocenters. The molecule has 1 aliphatic carbocycles. The van der Waals surface area contributed by atoms with Gasteiger partial charge >= 0.3 is 6.03 Å². The van der Waals surface area contributed by atoms with Crippen molar-refractivity contribution in [3.63, 3.8) is 0 Å². The van der Waals surface area contributed by atoms with Crippen LogP contribution in [-0.2, 0) is 15.6 Å². The van der Waals surface area contributed by atoms with E-state index in [9.17, 15) is 17.6 Å². The summed E-state index contributed by atoms with van der Waals surface area (Å²) in [5, 5.41) is 5.38. The molecule has 0 aliphatic heterocycles. The molecule has 0 saturated heterocycles. The monoisotopic (exact) mass is 326 g/mol. The maximum absolute atomic E-state index is 13.3. The molecule has 5 nitrogen and oxygen atoms in total. The third-order valence-corrected chi connectivity index (χ3v) is 4.14. The Balaban J connectivity index is 2.09. The van der Waals surface area contributed by atoms with E-state index in [4.69, 9.17) is 0 Å². The Morgan fingerprint density at radius 3 is 2.82 bits per heavy atom. The van der Waals surface area contributed by atoms with Gasteiger partial charge in [0.05, 0.1) is 5.75 Å². The zero-order chi connectivity index (χ0) is 16.2. The summed E-state index contributed by atoms with van der Waals surface area (Å²) < 4.78 is 36.1. The summed E-state index contributed by atoms with van der Waals surface area (Å²) in [5.41, 5.74) is 0.529. The molecule has 1 aliphatic rings. The maximum atomic E-state index is 13.3. The van der Waals surface area contributed by atoms with Gasteiger partial charge in [0.2, 0.25) is 0 Å². The van der Waals surface area contributed by atoms with Gasteiger partial charge in [-0.05, 0) is 43.0 Å². The van der Waals surface area contributed by atoms with E-state index in [0.717, 1.165) is 31.6 Å². The predicted octanol–water partition coefficient (Wildman–Crippen LogP) is 2.60.